The number of nitrogens with zero attached hydrogens (tertiary/aromatic N) is 3. The molecule has 0 bridgehead atoms. The first-order valence-corrected chi connectivity index (χ1v) is 12.1. The van der Waals surface area contributed by atoms with Crippen LogP contribution in [-0.4, -0.2) is 65.9 Å². The highest BCUT2D eigenvalue weighted by Crippen LogP contribution is 2.33. The second kappa shape index (κ2) is 11.1. The van der Waals surface area contributed by atoms with Gasteiger partial charge in [0.1, 0.15) is 11.9 Å². The molecule has 1 fully saturated rings. The lowest BCUT2D eigenvalue weighted by Gasteiger charge is -2.37. The van der Waals surface area contributed by atoms with Gasteiger partial charge in [-0.25, -0.2) is 4.98 Å². The van der Waals surface area contributed by atoms with E-state index in [1.54, 1.807) is 45.8 Å². The zero-order valence-electron chi connectivity index (χ0n) is 17.9. The smallest absolute Gasteiger partial charge is 0.352 e. The lowest BCUT2D eigenvalue weighted by Crippen LogP contribution is -2.55. The van der Waals surface area contributed by atoms with E-state index in [2.05, 4.69) is 10.3 Å². The summed E-state index contributed by atoms with van der Waals surface area (Å²) in [6.07, 6.45) is -1.34. The molecule has 1 N–H and O–H groups in total. The molecule has 1 aliphatic rings. The van der Waals surface area contributed by atoms with E-state index in [0.717, 1.165) is 12.3 Å². The van der Waals surface area contributed by atoms with Gasteiger partial charge in [-0.15, -0.1) is 0 Å². The zero-order valence-corrected chi connectivity index (χ0v) is 19.5. The van der Waals surface area contributed by atoms with Crippen LogP contribution in [0.15, 0.2) is 42.6 Å². The van der Waals surface area contributed by atoms with Crippen LogP contribution in [0.5, 0.6) is 0 Å². The van der Waals surface area contributed by atoms with Crippen LogP contribution in [0.2, 0.25) is 5.02 Å². The van der Waals surface area contributed by atoms with Gasteiger partial charge in [0.05, 0.1) is 10.6 Å². The Bertz CT molecular complexity index is 970. The first kappa shape index (κ1) is 25.2. The van der Waals surface area contributed by atoms with Crippen LogP contribution >= 0.6 is 23.4 Å². The second-order valence-corrected chi connectivity index (χ2v) is 8.91. The van der Waals surface area contributed by atoms with Crippen molar-refractivity contribution in [3.8, 4) is 0 Å². The van der Waals surface area contributed by atoms with Crippen molar-refractivity contribution in [3.05, 3.63) is 58.7 Å². The summed E-state index contributed by atoms with van der Waals surface area (Å²) in [5.74, 6) is 0.471. The van der Waals surface area contributed by atoms with Gasteiger partial charge in [0.25, 0.3) is 5.91 Å². The maximum absolute atomic E-state index is 13.2. The third-order valence-electron chi connectivity index (χ3n) is 5.29. The highest BCUT2D eigenvalue weighted by molar-refractivity contribution is 7.98. The molecule has 0 aliphatic carbocycles. The van der Waals surface area contributed by atoms with E-state index in [4.69, 9.17) is 11.6 Å². The number of halogens is 4. The van der Waals surface area contributed by atoms with Gasteiger partial charge < -0.3 is 15.1 Å². The second-order valence-electron chi connectivity index (χ2n) is 7.51. The molecule has 0 radical (unpaired) electrons. The van der Waals surface area contributed by atoms with Crippen molar-refractivity contribution in [3.63, 3.8) is 0 Å². The molecular formula is C22H24ClF3N4O2S. The van der Waals surface area contributed by atoms with Gasteiger partial charge >= 0.3 is 6.18 Å². The van der Waals surface area contributed by atoms with Crippen molar-refractivity contribution in [1.82, 2.24) is 15.2 Å². The summed E-state index contributed by atoms with van der Waals surface area (Å²) < 4.78 is 38.6. The number of aromatic nitrogens is 1. The highest BCUT2D eigenvalue weighted by Gasteiger charge is 2.33. The molecule has 178 valence electrons. The Morgan fingerprint density at radius 2 is 1.85 bits per heavy atom. The number of nitrogens with one attached hydrogen (secondary N) is 1. The topological polar surface area (TPSA) is 65.5 Å². The number of carbonyl (C=O) groups is 2. The highest BCUT2D eigenvalue weighted by atomic mass is 35.5. The van der Waals surface area contributed by atoms with Crippen molar-refractivity contribution in [2.45, 2.75) is 18.6 Å². The maximum atomic E-state index is 13.2. The summed E-state index contributed by atoms with van der Waals surface area (Å²) in [7, 11) is 0. The predicted octanol–water partition coefficient (Wildman–Crippen LogP) is 3.95. The normalized spacial score (nSPS) is 15.3. The van der Waals surface area contributed by atoms with E-state index in [0.29, 0.717) is 43.9 Å². The third kappa shape index (κ3) is 6.54. The predicted molar refractivity (Wildman–Crippen MR) is 124 cm³/mol. The number of amides is 2. The minimum absolute atomic E-state index is 0.0856. The summed E-state index contributed by atoms with van der Waals surface area (Å²) in [6.45, 7) is 1.42. The fraction of sp³-hybridized carbons (Fsp3) is 0.409. The third-order valence-corrected chi connectivity index (χ3v) is 6.21. The van der Waals surface area contributed by atoms with Crippen LogP contribution < -0.4 is 10.2 Å². The molecule has 11 heteroatoms. The quantitative estimate of drug-likeness (QED) is 0.623. The lowest BCUT2D eigenvalue weighted by molar-refractivity contribution is -0.138. The number of piperazine rings is 1. The van der Waals surface area contributed by atoms with Crippen molar-refractivity contribution in [2.24, 2.45) is 0 Å². The van der Waals surface area contributed by atoms with Gasteiger partial charge in [-0.3, -0.25) is 9.59 Å². The summed E-state index contributed by atoms with van der Waals surface area (Å²) in [4.78, 5) is 33.0. The van der Waals surface area contributed by atoms with Crippen LogP contribution in [0.25, 0.3) is 0 Å². The molecule has 0 spiro atoms. The fourth-order valence-corrected chi connectivity index (χ4v) is 4.26. The van der Waals surface area contributed by atoms with Crippen molar-refractivity contribution in [2.75, 3.05) is 43.1 Å². The first-order valence-electron chi connectivity index (χ1n) is 10.3. The van der Waals surface area contributed by atoms with Gasteiger partial charge in [0.15, 0.2) is 0 Å². The van der Waals surface area contributed by atoms with Crippen LogP contribution in [0, 0.1) is 0 Å². The average Bonchev–Trinajstić information content (AvgIpc) is 2.81. The molecule has 2 heterocycles. The van der Waals surface area contributed by atoms with E-state index in [1.807, 2.05) is 12.3 Å². The number of pyridine rings is 1. The monoisotopic (exact) mass is 500 g/mol. The number of anilines is 1. The van der Waals surface area contributed by atoms with Crippen LogP contribution in [0.3, 0.4) is 0 Å². The molecule has 1 aromatic heterocycles. The standard InChI is InChI=1S/C22H24ClF3N4O2S/c1-33-12-7-18(28-20(31)15-5-3-2-4-6-15)21(32)30-10-8-29(9-11-30)19-17(23)13-16(14-27-19)22(24,25)26/h2-6,13-14,18H,7-12H2,1H3,(H,28,31)/t18-/m0/s1. The minimum Gasteiger partial charge on any atom is -0.352 e. The molecule has 1 aliphatic heterocycles. The zero-order chi connectivity index (χ0) is 24.0. The molecule has 0 unspecified atom stereocenters. The molecule has 6 nitrogen and oxygen atoms in total. The number of alkyl halides is 3. The largest absolute Gasteiger partial charge is 0.417 e. The molecule has 33 heavy (non-hydrogen) atoms. The molecular weight excluding hydrogens is 477 g/mol. The maximum Gasteiger partial charge on any atom is 0.417 e. The Hall–Kier alpha value is -2.46. The molecule has 3 rings (SSSR count). The minimum atomic E-state index is -4.52. The molecule has 2 aromatic rings. The van der Waals surface area contributed by atoms with Crippen molar-refractivity contribution in [1.29, 1.82) is 0 Å². The summed E-state index contributed by atoms with van der Waals surface area (Å²) >= 11 is 7.64. The summed E-state index contributed by atoms with van der Waals surface area (Å²) in [6, 6.07) is 8.89. The van der Waals surface area contributed by atoms with Crippen LogP contribution in [-0.2, 0) is 11.0 Å². The molecule has 1 saturated heterocycles. The number of hydrogen-bond donors (Lipinski definition) is 1. The Balaban J connectivity index is 1.64. The molecule has 1 atom stereocenters. The van der Waals surface area contributed by atoms with Crippen molar-refractivity contribution < 1.29 is 22.8 Å². The van der Waals surface area contributed by atoms with E-state index in [1.165, 1.54) is 0 Å². The van der Waals surface area contributed by atoms with E-state index in [9.17, 15) is 22.8 Å². The lowest BCUT2D eigenvalue weighted by atomic mass is 10.1. The van der Waals surface area contributed by atoms with Crippen LogP contribution in [0.4, 0.5) is 19.0 Å². The first-order chi connectivity index (χ1) is 15.7. The number of thioether (sulfide) groups is 1. The van der Waals surface area contributed by atoms with E-state index in [-0.39, 0.29) is 22.7 Å². The molecule has 0 saturated carbocycles. The number of hydrogen-bond acceptors (Lipinski definition) is 5. The van der Waals surface area contributed by atoms with Crippen molar-refractivity contribution >= 4 is 41.0 Å². The van der Waals surface area contributed by atoms with Gasteiger partial charge in [0.2, 0.25) is 5.91 Å². The van der Waals surface area contributed by atoms with Gasteiger partial charge in [-0.1, -0.05) is 29.8 Å². The number of rotatable bonds is 7. The van der Waals surface area contributed by atoms with Crippen LogP contribution in [0.1, 0.15) is 22.3 Å². The van der Waals surface area contributed by atoms with E-state index >= 15 is 0 Å². The van der Waals surface area contributed by atoms with E-state index < -0.39 is 17.8 Å². The molecule has 2 amide bonds. The Morgan fingerprint density at radius 3 is 2.42 bits per heavy atom. The fourth-order valence-electron chi connectivity index (χ4n) is 3.50. The van der Waals surface area contributed by atoms with Gasteiger partial charge in [-0.2, -0.15) is 24.9 Å². The van der Waals surface area contributed by atoms with Gasteiger partial charge in [-0.05, 0) is 36.6 Å². The number of benzene rings is 1. The number of carbonyl (C=O) groups excluding carboxylic acids is 2. The molecule has 1 aromatic carbocycles. The SMILES string of the molecule is CSCC[C@H](NC(=O)c1ccccc1)C(=O)N1CCN(c2ncc(C(F)(F)F)cc2Cl)CC1. The summed E-state index contributed by atoms with van der Waals surface area (Å²) in [5.41, 5.74) is -0.428. The Morgan fingerprint density at radius 1 is 1.18 bits per heavy atom. The summed E-state index contributed by atoms with van der Waals surface area (Å²) in [5, 5.41) is 2.75. The average molecular weight is 501 g/mol. The Labute approximate surface area is 199 Å². The Kier molecular flexibility index (Phi) is 8.47. The van der Waals surface area contributed by atoms with Gasteiger partial charge in [0, 0.05) is 37.9 Å².